The van der Waals surface area contributed by atoms with Crippen LogP contribution in [0.5, 0.6) is 0 Å². The molecule has 0 amide bonds. The van der Waals surface area contributed by atoms with Crippen LogP contribution in [0.3, 0.4) is 0 Å². The highest BCUT2D eigenvalue weighted by molar-refractivity contribution is 8.00. The number of rotatable bonds is 3. The molecule has 2 unspecified atom stereocenters. The summed E-state index contributed by atoms with van der Waals surface area (Å²) in [6.07, 6.45) is 0. The molecule has 14 heavy (non-hydrogen) atoms. The van der Waals surface area contributed by atoms with Crippen molar-refractivity contribution in [3.63, 3.8) is 0 Å². The van der Waals surface area contributed by atoms with Crippen LogP contribution in [0.15, 0.2) is 0 Å². The van der Waals surface area contributed by atoms with Crippen LogP contribution in [-0.4, -0.2) is 47.6 Å². The zero-order chi connectivity index (χ0) is 10.1. The fourth-order valence-electron chi connectivity index (χ4n) is 2.28. The van der Waals surface area contributed by atoms with Gasteiger partial charge in [0.15, 0.2) is 0 Å². The molecule has 0 radical (unpaired) electrons. The molecule has 0 saturated carbocycles. The second kappa shape index (κ2) is 4.42. The molecule has 0 aromatic heterocycles. The van der Waals surface area contributed by atoms with Crippen LogP contribution in [0.2, 0.25) is 0 Å². The van der Waals surface area contributed by atoms with Crippen molar-refractivity contribution >= 4 is 11.8 Å². The summed E-state index contributed by atoms with van der Waals surface area (Å²) in [6, 6.07) is 2.25. The molecule has 2 saturated heterocycles. The molecule has 0 aliphatic carbocycles. The van der Waals surface area contributed by atoms with Gasteiger partial charge in [0.2, 0.25) is 0 Å². The van der Waals surface area contributed by atoms with Gasteiger partial charge in [-0.15, -0.1) is 0 Å². The lowest BCUT2D eigenvalue weighted by Gasteiger charge is -2.31. The molecule has 0 aromatic rings. The Kier molecular flexibility index (Phi) is 3.40. The van der Waals surface area contributed by atoms with E-state index in [-0.39, 0.29) is 0 Å². The van der Waals surface area contributed by atoms with E-state index in [4.69, 9.17) is 0 Å². The Morgan fingerprint density at radius 3 is 2.43 bits per heavy atom. The normalized spacial score (nSPS) is 35.1. The largest absolute Gasteiger partial charge is 0.308 e. The zero-order valence-corrected chi connectivity index (χ0v) is 10.3. The summed E-state index contributed by atoms with van der Waals surface area (Å²) in [7, 11) is 0. The molecule has 2 nitrogen and oxygen atoms in total. The predicted molar refractivity (Wildman–Crippen MR) is 63.9 cm³/mol. The van der Waals surface area contributed by atoms with Gasteiger partial charge in [-0.2, -0.15) is 11.8 Å². The van der Waals surface area contributed by atoms with Crippen molar-refractivity contribution < 1.29 is 0 Å². The predicted octanol–water partition coefficient (Wildman–Crippen LogP) is 1.42. The smallest absolute Gasteiger partial charge is 0.0252 e. The van der Waals surface area contributed by atoms with Crippen molar-refractivity contribution in [3.05, 3.63) is 0 Å². The third kappa shape index (κ3) is 2.26. The van der Waals surface area contributed by atoms with Gasteiger partial charge in [-0.1, -0.05) is 6.92 Å². The van der Waals surface area contributed by atoms with Crippen LogP contribution in [0.1, 0.15) is 20.8 Å². The van der Waals surface area contributed by atoms with Crippen molar-refractivity contribution in [2.24, 2.45) is 5.92 Å². The van der Waals surface area contributed by atoms with Crippen molar-refractivity contribution in [3.8, 4) is 0 Å². The molecule has 2 aliphatic heterocycles. The average Bonchev–Trinajstić information content (AvgIpc) is 2.40. The van der Waals surface area contributed by atoms with Gasteiger partial charge in [0.05, 0.1) is 0 Å². The van der Waals surface area contributed by atoms with Crippen LogP contribution < -0.4 is 5.32 Å². The summed E-state index contributed by atoms with van der Waals surface area (Å²) in [5.41, 5.74) is 0. The van der Waals surface area contributed by atoms with Gasteiger partial charge in [-0.25, -0.2) is 0 Å². The van der Waals surface area contributed by atoms with E-state index in [9.17, 15) is 0 Å². The first-order chi connectivity index (χ1) is 6.66. The minimum atomic E-state index is 0.708. The maximum absolute atomic E-state index is 3.79. The topological polar surface area (TPSA) is 15.3 Å². The van der Waals surface area contributed by atoms with Crippen molar-refractivity contribution in [1.82, 2.24) is 10.2 Å². The average molecular weight is 214 g/mol. The van der Waals surface area contributed by atoms with Crippen molar-refractivity contribution in [2.45, 2.75) is 38.9 Å². The molecule has 1 N–H and O–H groups in total. The van der Waals surface area contributed by atoms with Gasteiger partial charge in [0, 0.05) is 42.7 Å². The minimum Gasteiger partial charge on any atom is -0.308 e. The number of hydrogen-bond acceptors (Lipinski definition) is 3. The number of nitrogens with zero attached hydrogens (tertiary/aromatic N) is 1. The van der Waals surface area contributed by atoms with Crippen LogP contribution in [0.4, 0.5) is 0 Å². The quantitative estimate of drug-likeness (QED) is 0.765. The fraction of sp³-hybridized carbons (Fsp3) is 1.00. The summed E-state index contributed by atoms with van der Waals surface area (Å²) in [5, 5.41) is 3.79. The molecule has 2 heterocycles. The van der Waals surface area contributed by atoms with Gasteiger partial charge in [-0.3, -0.25) is 4.90 Å². The summed E-state index contributed by atoms with van der Waals surface area (Å²) in [6.45, 7) is 9.50. The zero-order valence-electron chi connectivity index (χ0n) is 9.49. The molecule has 2 rings (SSSR count). The highest BCUT2D eigenvalue weighted by atomic mass is 32.2. The van der Waals surface area contributed by atoms with Gasteiger partial charge in [0.25, 0.3) is 0 Å². The molecular weight excluding hydrogens is 192 g/mol. The molecule has 0 aromatic carbocycles. The summed E-state index contributed by atoms with van der Waals surface area (Å²) >= 11 is 2.06. The Hall–Kier alpha value is 0.270. The van der Waals surface area contributed by atoms with E-state index in [2.05, 4.69) is 42.7 Å². The number of hydrogen-bond donors (Lipinski definition) is 1. The fourth-order valence-corrected chi connectivity index (χ4v) is 2.94. The Bertz CT molecular complexity index is 192. The SMILES string of the molecule is CC1CN(C(C)C)CC1NC1CSC1. The molecule has 2 fully saturated rings. The highest BCUT2D eigenvalue weighted by Gasteiger charge is 2.33. The summed E-state index contributed by atoms with van der Waals surface area (Å²) in [4.78, 5) is 2.59. The molecule has 82 valence electrons. The Balaban J connectivity index is 1.81. The summed E-state index contributed by atoms with van der Waals surface area (Å²) in [5.74, 6) is 3.47. The first-order valence-electron chi connectivity index (χ1n) is 5.74. The molecular formula is C11H22N2S. The van der Waals surface area contributed by atoms with E-state index >= 15 is 0 Å². The Morgan fingerprint density at radius 2 is 2.00 bits per heavy atom. The first-order valence-corrected chi connectivity index (χ1v) is 6.90. The molecule has 0 bridgehead atoms. The lowest BCUT2D eigenvalue weighted by Crippen LogP contribution is -2.49. The second-order valence-electron chi connectivity index (χ2n) is 5.03. The maximum atomic E-state index is 3.79. The second-order valence-corrected chi connectivity index (χ2v) is 6.11. The van der Waals surface area contributed by atoms with Crippen LogP contribution in [0, 0.1) is 5.92 Å². The first kappa shape index (κ1) is 10.8. The van der Waals surface area contributed by atoms with Gasteiger partial charge >= 0.3 is 0 Å². The summed E-state index contributed by atoms with van der Waals surface area (Å²) < 4.78 is 0. The molecule has 3 heteroatoms. The van der Waals surface area contributed by atoms with E-state index < -0.39 is 0 Å². The molecule has 2 atom stereocenters. The Labute approximate surface area is 91.8 Å². The lowest BCUT2D eigenvalue weighted by molar-refractivity contribution is 0.263. The van der Waals surface area contributed by atoms with E-state index in [1.165, 1.54) is 24.6 Å². The van der Waals surface area contributed by atoms with E-state index in [0.717, 1.165) is 18.0 Å². The highest BCUT2D eigenvalue weighted by Crippen LogP contribution is 2.23. The van der Waals surface area contributed by atoms with Gasteiger partial charge in [-0.05, 0) is 19.8 Å². The van der Waals surface area contributed by atoms with Crippen LogP contribution in [0.25, 0.3) is 0 Å². The van der Waals surface area contributed by atoms with Gasteiger partial charge in [0.1, 0.15) is 0 Å². The number of thioether (sulfide) groups is 1. The molecule has 2 aliphatic rings. The van der Waals surface area contributed by atoms with E-state index in [1.54, 1.807) is 0 Å². The van der Waals surface area contributed by atoms with E-state index in [1.807, 2.05) is 0 Å². The van der Waals surface area contributed by atoms with Crippen molar-refractivity contribution in [2.75, 3.05) is 24.6 Å². The maximum Gasteiger partial charge on any atom is 0.0252 e. The standard InChI is InChI=1S/C11H22N2S/c1-8(2)13-4-9(3)11(5-13)12-10-6-14-7-10/h8-12H,4-7H2,1-3H3. The monoisotopic (exact) mass is 214 g/mol. The van der Waals surface area contributed by atoms with Gasteiger partial charge < -0.3 is 5.32 Å². The number of nitrogens with one attached hydrogen (secondary N) is 1. The van der Waals surface area contributed by atoms with E-state index in [0.29, 0.717) is 6.04 Å². The molecule has 0 spiro atoms. The number of likely N-dealkylation sites (tertiary alicyclic amines) is 1. The van der Waals surface area contributed by atoms with Crippen LogP contribution >= 0.6 is 11.8 Å². The van der Waals surface area contributed by atoms with Crippen molar-refractivity contribution in [1.29, 1.82) is 0 Å². The van der Waals surface area contributed by atoms with Crippen LogP contribution in [-0.2, 0) is 0 Å². The third-order valence-electron chi connectivity index (χ3n) is 3.46. The minimum absolute atomic E-state index is 0.708. The lowest BCUT2D eigenvalue weighted by atomic mass is 10.1. The third-order valence-corrected chi connectivity index (χ3v) is 4.73. The Morgan fingerprint density at radius 1 is 1.29 bits per heavy atom.